The molecule has 1 heteroatoms. The van der Waals surface area contributed by atoms with Crippen molar-refractivity contribution in [3.05, 3.63) is 96.1 Å². The van der Waals surface area contributed by atoms with Crippen molar-refractivity contribution in [3.63, 3.8) is 0 Å². The van der Waals surface area contributed by atoms with Gasteiger partial charge < -0.3 is 4.74 Å². The van der Waals surface area contributed by atoms with E-state index in [0.717, 1.165) is 17.9 Å². The predicted octanol–water partition coefficient (Wildman–Crippen LogP) is 4.87. The molecule has 97 valence electrons. The first-order valence-electron chi connectivity index (χ1n) is 6.67. The molecule has 0 amide bonds. The van der Waals surface area contributed by atoms with Crippen molar-refractivity contribution < 1.29 is 4.74 Å². The highest BCUT2D eigenvalue weighted by molar-refractivity contribution is 5.35. The second-order valence-corrected chi connectivity index (χ2v) is 4.63. The van der Waals surface area contributed by atoms with Crippen LogP contribution in [0.3, 0.4) is 0 Å². The van der Waals surface area contributed by atoms with Gasteiger partial charge in [0.05, 0.1) is 0 Å². The molecule has 0 aromatic heterocycles. The third kappa shape index (κ3) is 3.27. The molecule has 0 atom stereocenters. The molecule has 0 unspecified atom stereocenters. The lowest BCUT2D eigenvalue weighted by Gasteiger charge is -2.07. The average molecular weight is 259 g/mol. The lowest BCUT2D eigenvalue weighted by Crippen LogP contribution is -1.89. The fraction of sp³-hybridized carbons (Fsp3) is 0.0526. The van der Waals surface area contributed by atoms with Gasteiger partial charge in [-0.25, -0.2) is 0 Å². The first-order valence-corrected chi connectivity index (χ1v) is 6.67. The Morgan fingerprint density at radius 3 is 2.35 bits per heavy atom. The van der Waals surface area contributed by atoms with E-state index in [2.05, 4.69) is 24.3 Å². The number of hydrogen-bond donors (Lipinski definition) is 0. The summed E-state index contributed by atoms with van der Waals surface area (Å²) in [6.45, 7) is 0. The summed E-state index contributed by atoms with van der Waals surface area (Å²) in [6, 6.07) is 29.3. The highest BCUT2D eigenvalue weighted by Gasteiger charge is 2.00. The van der Waals surface area contributed by atoms with Gasteiger partial charge in [-0.3, -0.25) is 0 Å². The number of benzene rings is 3. The zero-order chi connectivity index (χ0) is 13.6. The quantitative estimate of drug-likeness (QED) is 0.649. The van der Waals surface area contributed by atoms with Crippen LogP contribution in [-0.4, -0.2) is 0 Å². The van der Waals surface area contributed by atoms with Gasteiger partial charge in [0.1, 0.15) is 11.5 Å². The summed E-state index contributed by atoms with van der Waals surface area (Å²) in [4.78, 5) is 0. The molecular formula is C19H15O. The lowest BCUT2D eigenvalue weighted by molar-refractivity contribution is 0.482. The van der Waals surface area contributed by atoms with Crippen LogP contribution in [0.15, 0.2) is 78.9 Å². The highest BCUT2D eigenvalue weighted by Crippen LogP contribution is 2.22. The summed E-state index contributed by atoms with van der Waals surface area (Å²) in [5.41, 5.74) is 2.41. The van der Waals surface area contributed by atoms with Gasteiger partial charge in [0.25, 0.3) is 0 Å². The molecule has 20 heavy (non-hydrogen) atoms. The van der Waals surface area contributed by atoms with Gasteiger partial charge in [0.2, 0.25) is 0 Å². The van der Waals surface area contributed by atoms with Crippen LogP contribution in [0.25, 0.3) is 0 Å². The van der Waals surface area contributed by atoms with Crippen LogP contribution in [0.1, 0.15) is 11.1 Å². The minimum Gasteiger partial charge on any atom is -0.457 e. The van der Waals surface area contributed by atoms with Gasteiger partial charge in [-0.1, -0.05) is 54.6 Å². The summed E-state index contributed by atoms with van der Waals surface area (Å²) in [5, 5.41) is 0. The number of ether oxygens (including phenoxy) is 1. The van der Waals surface area contributed by atoms with Crippen LogP contribution in [0.2, 0.25) is 0 Å². The van der Waals surface area contributed by atoms with E-state index in [4.69, 9.17) is 4.74 Å². The zero-order valence-corrected chi connectivity index (χ0v) is 11.1. The van der Waals surface area contributed by atoms with Crippen LogP contribution in [0, 0.1) is 6.07 Å². The van der Waals surface area contributed by atoms with Crippen LogP contribution in [0.5, 0.6) is 11.5 Å². The summed E-state index contributed by atoms with van der Waals surface area (Å²) in [5.74, 6) is 1.72. The number of hydrogen-bond acceptors (Lipinski definition) is 1. The van der Waals surface area contributed by atoms with E-state index in [9.17, 15) is 0 Å². The molecule has 0 saturated carbocycles. The highest BCUT2D eigenvalue weighted by atomic mass is 16.5. The number of para-hydroxylation sites is 1. The van der Waals surface area contributed by atoms with Gasteiger partial charge >= 0.3 is 0 Å². The topological polar surface area (TPSA) is 9.23 Å². The first-order chi connectivity index (χ1) is 9.90. The molecule has 0 bridgehead atoms. The van der Waals surface area contributed by atoms with E-state index in [-0.39, 0.29) is 0 Å². The van der Waals surface area contributed by atoms with Gasteiger partial charge in [-0.15, -0.1) is 0 Å². The molecule has 0 saturated heterocycles. The minimum absolute atomic E-state index is 0.857. The monoisotopic (exact) mass is 259 g/mol. The number of rotatable bonds is 4. The maximum atomic E-state index is 5.85. The van der Waals surface area contributed by atoms with E-state index in [1.165, 1.54) is 11.1 Å². The van der Waals surface area contributed by atoms with Crippen molar-refractivity contribution in [1.82, 2.24) is 0 Å². The molecule has 3 rings (SSSR count). The van der Waals surface area contributed by atoms with Crippen molar-refractivity contribution in [2.24, 2.45) is 0 Å². The molecule has 3 aromatic carbocycles. The van der Waals surface area contributed by atoms with Crippen molar-refractivity contribution >= 4 is 0 Å². The summed E-state index contributed by atoms with van der Waals surface area (Å²) in [6.07, 6.45) is 0.868. The van der Waals surface area contributed by atoms with Gasteiger partial charge in [0.15, 0.2) is 0 Å². The predicted molar refractivity (Wildman–Crippen MR) is 81.0 cm³/mol. The minimum atomic E-state index is 0.857. The fourth-order valence-corrected chi connectivity index (χ4v) is 2.10. The Morgan fingerprint density at radius 2 is 1.55 bits per heavy atom. The van der Waals surface area contributed by atoms with Crippen LogP contribution in [0.4, 0.5) is 0 Å². The molecule has 0 heterocycles. The summed E-state index contributed by atoms with van der Waals surface area (Å²) >= 11 is 0. The van der Waals surface area contributed by atoms with Gasteiger partial charge in [0, 0.05) is 0 Å². The third-order valence-corrected chi connectivity index (χ3v) is 3.05. The molecule has 1 radical (unpaired) electrons. The summed E-state index contributed by atoms with van der Waals surface area (Å²) < 4.78 is 5.85. The van der Waals surface area contributed by atoms with E-state index in [1.54, 1.807) is 0 Å². The SMILES string of the molecule is [c]1ccccc1Cc1cccc(Oc2ccccc2)c1. The molecule has 0 N–H and O–H groups in total. The van der Waals surface area contributed by atoms with Crippen molar-refractivity contribution in [1.29, 1.82) is 0 Å². The zero-order valence-electron chi connectivity index (χ0n) is 11.1. The van der Waals surface area contributed by atoms with Crippen LogP contribution < -0.4 is 4.74 Å². The molecule has 3 aromatic rings. The Kier molecular flexibility index (Phi) is 3.79. The molecule has 0 aliphatic heterocycles. The normalized spacial score (nSPS) is 10.2. The van der Waals surface area contributed by atoms with E-state index < -0.39 is 0 Å². The summed E-state index contributed by atoms with van der Waals surface area (Å²) in [7, 11) is 0. The smallest absolute Gasteiger partial charge is 0.127 e. The van der Waals surface area contributed by atoms with Gasteiger partial charge in [-0.2, -0.15) is 0 Å². The van der Waals surface area contributed by atoms with E-state index >= 15 is 0 Å². The van der Waals surface area contributed by atoms with Crippen molar-refractivity contribution in [3.8, 4) is 11.5 Å². The van der Waals surface area contributed by atoms with Crippen molar-refractivity contribution in [2.75, 3.05) is 0 Å². The molecule has 0 aliphatic rings. The molecule has 0 spiro atoms. The maximum absolute atomic E-state index is 5.85. The third-order valence-electron chi connectivity index (χ3n) is 3.05. The van der Waals surface area contributed by atoms with Crippen LogP contribution in [-0.2, 0) is 6.42 Å². The molecule has 1 nitrogen and oxygen atoms in total. The first kappa shape index (κ1) is 12.5. The maximum Gasteiger partial charge on any atom is 0.127 e. The van der Waals surface area contributed by atoms with Crippen LogP contribution >= 0.6 is 0 Å². The Labute approximate surface area is 119 Å². The van der Waals surface area contributed by atoms with E-state index in [0.29, 0.717) is 0 Å². The molecule has 0 fully saturated rings. The second-order valence-electron chi connectivity index (χ2n) is 4.63. The average Bonchev–Trinajstić information content (AvgIpc) is 2.50. The fourth-order valence-electron chi connectivity index (χ4n) is 2.10. The Balaban J connectivity index is 1.76. The molecular weight excluding hydrogens is 244 g/mol. The second kappa shape index (κ2) is 6.07. The van der Waals surface area contributed by atoms with E-state index in [1.807, 2.05) is 60.7 Å². The Bertz CT molecular complexity index is 603. The van der Waals surface area contributed by atoms with Crippen molar-refractivity contribution in [2.45, 2.75) is 6.42 Å². The van der Waals surface area contributed by atoms with Gasteiger partial charge in [-0.05, 0) is 47.9 Å². The standard InChI is InChI=1S/C19H15O/c1-3-8-16(9-4-1)14-17-10-7-13-19(15-17)20-18-11-5-2-6-12-18/h1-8,10-13,15H,14H2. The Hall–Kier alpha value is -2.54. The lowest BCUT2D eigenvalue weighted by atomic mass is 10.1. The Morgan fingerprint density at radius 1 is 0.750 bits per heavy atom. The largest absolute Gasteiger partial charge is 0.457 e. The molecule has 0 aliphatic carbocycles.